The van der Waals surface area contributed by atoms with Gasteiger partial charge in [-0.05, 0) is 64.7 Å². The van der Waals surface area contributed by atoms with Crippen LogP contribution >= 0.6 is 0 Å². The lowest BCUT2D eigenvalue weighted by Gasteiger charge is -2.31. The van der Waals surface area contributed by atoms with Gasteiger partial charge in [-0.15, -0.1) is 0 Å². The zero-order valence-electron chi connectivity index (χ0n) is 17.7. The second kappa shape index (κ2) is 10.0. The zero-order chi connectivity index (χ0) is 22.4. The van der Waals surface area contributed by atoms with Crippen LogP contribution in [0.25, 0.3) is 0 Å². The van der Waals surface area contributed by atoms with Crippen molar-refractivity contribution in [3.63, 3.8) is 0 Å². The number of carbonyl (C=O) groups excluding carboxylic acids is 2. The standard InChI is InChI=1S/C21H30F3N3O3/c1-20(2,3)30-19(29)25-11-7-8-18(28)26-16-14-15(21(22,23)24)9-10-17(16)27-12-5-4-6-13-27/h9-10,14H,4-8,11-13H2,1-3H3,(H,25,29)(H,26,28). The molecule has 2 rings (SSSR count). The summed E-state index contributed by atoms with van der Waals surface area (Å²) < 4.78 is 44.5. The molecule has 2 N–H and O–H groups in total. The molecule has 1 aliphatic heterocycles. The predicted molar refractivity (Wildman–Crippen MR) is 110 cm³/mol. The molecule has 1 aromatic rings. The molecule has 0 atom stereocenters. The number of benzene rings is 1. The van der Waals surface area contributed by atoms with Gasteiger partial charge in [0.15, 0.2) is 0 Å². The van der Waals surface area contributed by atoms with Crippen molar-refractivity contribution in [3.05, 3.63) is 23.8 Å². The number of rotatable bonds is 6. The first-order valence-corrected chi connectivity index (χ1v) is 10.2. The minimum absolute atomic E-state index is 0.0610. The smallest absolute Gasteiger partial charge is 0.416 e. The predicted octanol–water partition coefficient (Wildman–Crippen LogP) is 4.94. The van der Waals surface area contributed by atoms with E-state index in [1.165, 1.54) is 6.07 Å². The zero-order valence-corrected chi connectivity index (χ0v) is 17.7. The number of amides is 2. The van der Waals surface area contributed by atoms with Crippen LogP contribution in [0.3, 0.4) is 0 Å². The van der Waals surface area contributed by atoms with Gasteiger partial charge in [0.05, 0.1) is 16.9 Å². The van der Waals surface area contributed by atoms with Crippen LogP contribution in [0.4, 0.5) is 29.3 Å². The summed E-state index contributed by atoms with van der Waals surface area (Å²) in [6, 6.07) is 3.46. The van der Waals surface area contributed by atoms with E-state index >= 15 is 0 Å². The minimum atomic E-state index is -4.49. The summed E-state index contributed by atoms with van der Waals surface area (Å²) in [5.41, 5.74) is -0.652. The fourth-order valence-corrected chi connectivity index (χ4v) is 3.19. The molecule has 30 heavy (non-hydrogen) atoms. The molecule has 0 bridgehead atoms. The number of halogens is 3. The van der Waals surface area contributed by atoms with Crippen LogP contribution in [-0.4, -0.2) is 37.2 Å². The van der Waals surface area contributed by atoms with Gasteiger partial charge in [0.1, 0.15) is 5.60 Å². The lowest BCUT2D eigenvalue weighted by atomic mass is 10.1. The number of alkyl carbamates (subject to hydrolysis) is 1. The third-order valence-electron chi connectivity index (χ3n) is 4.54. The summed E-state index contributed by atoms with van der Waals surface area (Å²) in [5, 5.41) is 5.17. The van der Waals surface area contributed by atoms with Crippen LogP contribution in [0.15, 0.2) is 18.2 Å². The molecule has 0 saturated carbocycles. The summed E-state index contributed by atoms with van der Waals surface area (Å²) in [6.07, 6.45) is -1.65. The largest absolute Gasteiger partial charge is 0.444 e. The molecule has 1 aromatic carbocycles. The molecule has 1 aliphatic rings. The first kappa shape index (κ1) is 23.8. The normalized spacial score (nSPS) is 14.9. The van der Waals surface area contributed by atoms with E-state index < -0.39 is 29.3 Å². The van der Waals surface area contributed by atoms with E-state index in [9.17, 15) is 22.8 Å². The number of piperidine rings is 1. The van der Waals surface area contributed by atoms with E-state index in [0.29, 0.717) is 12.1 Å². The van der Waals surface area contributed by atoms with Gasteiger partial charge in [-0.3, -0.25) is 4.79 Å². The lowest BCUT2D eigenvalue weighted by Crippen LogP contribution is -2.33. The van der Waals surface area contributed by atoms with Gasteiger partial charge < -0.3 is 20.3 Å². The Kier molecular flexibility index (Phi) is 7.97. The maximum atomic E-state index is 13.1. The number of hydrogen-bond acceptors (Lipinski definition) is 4. The molecule has 6 nitrogen and oxygen atoms in total. The first-order valence-electron chi connectivity index (χ1n) is 10.2. The molecule has 1 fully saturated rings. The number of nitrogens with zero attached hydrogens (tertiary/aromatic N) is 1. The average Bonchev–Trinajstić information content (AvgIpc) is 2.64. The van der Waals surface area contributed by atoms with Gasteiger partial charge in [-0.2, -0.15) is 13.2 Å². The number of nitrogens with one attached hydrogen (secondary N) is 2. The number of alkyl halides is 3. The van der Waals surface area contributed by atoms with Gasteiger partial charge in [0, 0.05) is 26.1 Å². The molecule has 168 valence electrons. The Bertz CT molecular complexity index is 739. The van der Waals surface area contributed by atoms with Crippen molar-refractivity contribution in [1.29, 1.82) is 0 Å². The summed E-state index contributed by atoms with van der Waals surface area (Å²) in [5.74, 6) is -0.404. The average molecular weight is 429 g/mol. The van der Waals surface area contributed by atoms with Crippen molar-refractivity contribution in [2.45, 2.75) is 64.7 Å². The van der Waals surface area contributed by atoms with E-state index in [4.69, 9.17) is 4.74 Å². The summed E-state index contributed by atoms with van der Waals surface area (Å²) in [4.78, 5) is 25.9. The second-order valence-corrected chi connectivity index (χ2v) is 8.36. The fraction of sp³-hybridized carbons (Fsp3) is 0.619. The van der Waals surface area contributed by atoms with E-state index in [1.807, 2.05) is 4.90 Å². The van der Waals surface area contributed by atoms with E-state index in [0.717, 1.165) is 44.5 Å². The highest BCUT2D eigenvalue weighted by molar-refractivity contribution is 5.94. The molecule has 1 saturated heterocycles. The first-order chi connectivity index (χ1) is 14.0. The quantitative estimate of drug-likeness (QED) is 0.629. The van der Waals surface area contributed by atoms with Gasteiger partial charge in [0.2, 0.25) is 5.91 Å². The highest BCUT2D eigenvalue weighted by Crippen LogP contribution is 2.36. The van der Waals surface area contributed by atoms with Crippen LogP contribution in [0.1, 0.15) is 58.4 Å². The van der Waals surface area contributed by atoms with Crippen LogP contribution in [0.2, 0.25) is 0 Å². The van der Waals surface area contributed by atoms with Crippen molar-refractivity contribution in [2.75, 3.05) is 29.9 Å². The van der Waals surface area contributed by atoms with Crippen LogP contribution in [-0.2, 0) is 15.7 Å². The molecule has 1 heterocycles. The van der Waals surface area contributed by atoms with Gasteiger partial charge in [0.25, 0.3) is 0 Å². The maximum absolute atomic E-state index is 13.1. The number of anilines is 2. The van der Waals surface area contributed by atoms with Gasteiger partial charge in [-0.25, -0.2) is 4.79 Å². The molecular formula is C21H30F3N3O3. The number of ether oxygens (including phenoxy) is 1. The number of carbonyl (C=O) groups is 2. The molecule has 0 spiro atoms. The van der Waals surface area contributed by atoms with Crippen LogP contribution < -0.4 is 15.5 Å². The fourth-order valence-electron chi connectivity index (χ4n) is 3.19. The number of hydrogen-bond donors (Lipinski definition) is 2. The van der Waals surface area contributed by atoms with Gasteiger partial charge >= 0.3 is 12.3 Å². The Balaban J connectivity index is 1.97. The molecule has 0 aliphatic carbocycles. The van der Waals surface area contributed by atoms with Crippen LogP contribution in [0, 0.1) is 0 Å². The Hall–Kier alpha value is -2.45. The molecular weight excluding hydrogens is 399 g/mol. The Labute approximate surface area is 175 Å². The lowest BCUT2D eigenvalue weighted by molar-refractivity contribution is -0.137. The maximum Gasteiger partial charge on any atom is 0.416 e. The van der Waals surface area contributed by atoms with Crippen molar-refractivity contribution in [3.8, 4) is 0 Å². The molecule has 0 aromatic heterocycles. The third kappa shape index (κ3) is 7.76. The Morgan fingerprint density at radius 1 is 1.10 bits per heavy atom. The highest BCUT2D eigenvalue weighted by atomic mass is 19.4. The third-order valence-corrected chi connectivity index (χ3v) is 4.54. The SMILES string of the molecule is CC(C)(C)OC(=O)NCCCC(=O)Nc1cc(C(F)(F)F)ccc1N1CCCCC1. The Morgan fingerprint density at radius 2 is 1.77 bits per heavy atom. The Morgan fingerprint density at radius 3 is 2.37 bits per heavy atom. The van der Waals surface area contributed by atoms with E-state index in [2.05, 4.69) is 10.6 Å². The molecule has 2 amide bonds. The van der Waals surface area contributed by atoms with Crippen molar-refractivity contribution in [1.82, 2.24) is 5.32 Å². The minimum Gasteiger partial charge on any atom is -0.444 e. The van der Waals surface area contributed by atoms with Crippen LogP contribution in [0.5, 0.6) is 0 Å². The highest BCUT2D eigenvalue weighted by Gasteiger charge is 2.31. The van der Waals surface area contributed by atoms with Crippen molar-refractivity contribution in [2.24, 2.45) is 0 Å². The molecule has 0 radical (unpaired) electrons. The van der Waals surface area contributed by atoms with Crippen molar-refractivity contribution >= 4 is 23.4 Å². The summed E-state index contributed by atoms with van der Waals surface area (Å²) in [6.45, 7) is 6.95. The summed E-state index contributed by atoms with van der Waals surface area (Å²) >= 11 is 0. The molecule has 0 unspecified atom stereocenters. The topological polar surface area (TPSA) is 70.7 Å². The summed E-state index contributed by atoms with van der Waals surface area (Å²) in [7, 11) is 0. The van der Waals surface area contributed by atoms with E-state index in [1.54, 1.807) is 20.8 Å². The monoisotopic (exact) mass is 429 g/mol. The second-order valence-electron chi connectivity index (χ2n) is 8.36. The van der Waals surface area contributed by atoms with E-state index in [-0.39, 0.29) is 18.7 Å². The van der Waals surface area contributed by atoms with Crippen molar-refractivity contribution < 1.29 is 27.5 Å². The van der Waals surface area contributed by atoms with Gasteiger partial charge in [-0.1, -0.05) is 0 Å². The molecule has 9 heteroatoms.